The number of carboxylic acid groups (broad SMARTS) is 1. The van der Waals surface area contributed by atoms with E-state index >= 15 is 0 Å². The third-order valence-electron chi connectivity index (χ3n) is 9.17. The van der Waals surface area contributed by atoms with Crippen LogP contribution in [0.2, 0.25) is 0 Å². The number of nitrogens with zero attached hydrogens (tertiary/aromatic N) is 4. The van der Waals surface area contributed by atoms with Crippen molar-refractivity contribution in [3.63, 3.8) is 0 Å². The molecule has 0 spiro atoms. The number of anilines is 1. The first-order valence-corrected chi connectivity index (χ1v) is 26.5. The summed E-state index contributed by atoms with van der Waals surface area (Å²) < 4.78 is 62.2. The Balaban J connectivity index is 1.39. The summed E-state index contributed by atoms with van der Waals surface area (Å²) in [5.74, 6) is -4.80. The molecule has 2 aromatic rings. The Bertz CT molecular complexity index is 2280. The number of fused-ring (bicyclic) bond motifs is 1. The van der Waals surface area contributed by atoms with Crippen LogP contribution in [0.25, 0.3) is 11.2 Å². The lowest BCUT2D eigenvalue weighted by Gasteiger charge is -2.30. The average Bonchev–Trinajstić information content (AvgIpc) is 3.82. The van der Waals surface area contributed by atoms with E-state index in [1.54, 1.807) is 0 Å². The van der Waals surface area contributed by atoms with Gasteiger partial charge in [0.2, 0.25) is 28.7 Å². The maximum absolute atomic E-state index is 12.7. The van der Waals surface area contributed by atoms with E-state index in [2.05, 4.69) is 45.1 Å². The molecule has 3 heterocycles. The number of aromatic nitrogens is 4. The van der Waals surface area contributed by atoms with Crippen molar-refractivity contribution in [2.24, 2.45) is 11.1 Å². The molecule has 1 saturated heterocycles. The number of aliphatic hydroxyl groups is 3. The van der Waals surface area contributed by atoms with Gasteiger partial charge in [0.15, 0.2) is 17.7 Å². The van der Waals surface area contributed by atoms with Gasteiger partial charge in [-0.3, -0.25) is 46.9 Å². The second-order valence-electron chi connectivity index (χ2n) is 15.1. The van der Waals surface area contributed by atoms with Gasteiger partial charge in [-0.15, -0.1) is 11.8 Å². The Labute approximate surface area is 399 Å². The number of carbonyl (C=O) groups is 6. The van der Waals surface area contributed by atoms with Gasteiger partial charge in [0, 0.05) is 42.9 Å². The molecule has 0 aromatic carbocycles. The molecule has 4 amide bonds. The zero-order valence-corrected chi connectivity index (χ0v) is 40.7. The molecule has 16 N–H and O–H groups in total. The summed E-state index contributed by atoms with van der Waals surface area (Å²) in [6.07, 6.45) is -7.69. The average molecular weight is 1090 g/mol. The van der Waals surface area contributed by atoms with Crippen molar-refractivity contribution in [3.05, 3.63) is 12.7 Å². The van der Waals surface area contributed by atoms with Crippen LogP contribution < -0.4 is 32.7 Å². The summed E-state index contributed by atoms with van der Waals surface area (Å²) in [7, 11) is -16.6. The Morgan fingerprint density at radius 1 is 0.957 bits per heavy atom. The third kappa shape index (κ3) is 19.8. The number of phosphoric ester groups is 3. The summed E-state index contributed by atoms with van der Waals surface area (Å²) in [6.45, 7) is -0.736. The zero-order chi connectivity index (χ0) is 51.9. The molecule has 0 bridgehead atoms. The van der Waals surface area contributed by atoms with Crippen LogP contribution in [0.3, 0.4) is 0 Å². The summed E-state index contributed by atoms with van der Waals surface area (Å²) in [5.41, 5.74) is 10.0. The summed E-state index contributed by atoms with van der Waals surface area (Å²) in [4.78, 5) is 124. The summed E-state index contributed by atoms with van der Waals surface area (Å²) >= 11 is 1.67. The van der Waals surface area contributed by atoms with Gasteiger partial charge in [-0.05, 0) is 6.42 Å². The van der Waals surface area contributed by atoms with Crippen molar-refractivity contribution in [1.82, 2.24) is 40.8 Å². The molecule has 2 aromatic heterocycles. The van der Waals surface area contributed by atoms with E-state index in [1.807, 2.05) is 0 Å². The lowest BCUT2D eigenvalue weighted by Crippen LogP contribution is -2.49. The van der Waals surface area contributed by atoms with Crippen molar-refractivity contribution in [2.75, 3.05) is 56.0 Å². The topological polar surface area (TPSA) is 505 Å². The normalized spacial score (nSPS) is 20.5. The highest BCUT2D eigenvalue weighted by molar-refractivity contribution is 8.13. The van der Waals surface area contributed by atoms with Crippen LogP contribution in [-0.2, 0) is 65.1 Å². The molecule has 390 valence electrons. The van der Waals surface area contributed by atoms with Crippen LogP contribution in [0.4, 0.5) is 5.82 Å². The van der Waals surface area contributed by atoms with Crippen LogP contribution in [0.15, 0.2) is 12.7 Å². The van der Waals surface area contributed by atoms with E-state index in [9.17, 15) is 72.2 Å². The molecule has 37 heteroatoms. The standard InChI is InChI=1S/C32H53N10O22P3S2/c1-32(2,25(49)29(51)36-6-5-19(44)35-7-8-69-31(52)16(33)3-4-20(45)41-17(11-68-15-43)28(50)37-9-21(46)47)12-61-67(58,59)64-66(56,57)60-10-18-24(63-65(53,54)55)23(48)30(62-18)42-14-40-22-26(34)38-13-39-27(22)42/h13-14,16-18,23-25,30,43,48-49H,3-12,15,33H2,1-2H3,(H,35,44)(H,36,51)(H,37,50)(H,41,45)(H,46,47)(H,56,57)(H,58,59)(H2,34,38,39)(H2,53,54,55). The van der Waals surface area contributed by atoms with Crippen LogP contribution in [0.5, 0.6) is 0 Å². The second kappa shape index (κ2) is 26.6. The molecule has 1 fully saturated rings. The van der Waals surface area contributed by atoms with Crippen molar-refractivity contribution < 1.29 is 105 Å². The number of carbonyl (C=O) groups excluding carboxylic acids is 5. The number of hydrogen-bond donors (Lipinski definition) is 14. The number of aliphatic carboxylic acids is 1. The molecule has 32 nitrogen and oxygen atoms in total. The molecule has 9 atom stereocenters. The molecule has 9 unspecified atom stereocenters. The van der Waals surface area contributed by atoms with Gasteiger partial charge in [-0.25, -0.2) is 28.6 Å². The molecule has 1 aliphatic rings. The van der Waals surface area contributed by atoms with Gasteiger partial charge >= 0.3 is 29.4 Å². The number of aliphatic hydroxyl groups excluding tert-OH is 3. The molecular formula is C32H53N10O22P3S2. The zero-order valence-electron chi connectivity index (χ0n) is 36.4. The number of thioether (sulfide) groups is 2. The number of phosphoric acid groups is 3. The van der Waals surface area contributed by atoms with Crippen LogP contribution >= 0.6 is 47.0 Å². The lowest BCUT2D eigenvalue weighted by atomic mass is 9.87. The second-order valence-corrected chi connectivity index (χ2v) is 21.4. The Morgan fingerprint density at radius 3 is 2.29 bits per heavy atom. The number of imidazole rings is 1. The van der Waals surface area contributed by atoms with E-state index in [0.717, 1.165) is 40.7 Å². The first kappa shape index (κ1) is 59.5. The minimum absolute atomic E-state index is 0.00477. The van der Waals surface area contributed by atoms with Gasteiger partial charge < -0.3 is 77.5 Å². The molecule has 0 aliphatic carbocycles. The maximum atomic E-state index is 12.7. The van der Waals surface area contributed by atoms with Gasteiger partial charge in [-0.1, -0.05) is 25.6 Å². The number of amides is 4. The molecule has 3 rings (SSSR count). The fraction of sp³-hybridized carbons (Fsp3) is 0.656. The summed E-state index contributed by atoms with van der Waals surface area (Å²) in [6, 6.07) is -2.25. The van der Waals surface area contributed by atoms with Crippen molar-refractivity contribution >= 4 is 98.7 Å². The minimum atomic E-state index is -5.63. The van der Waals surface area contributed by atoms with Gasteiger partial charge in [0.1, 0.15) is 48.8 Å². The predicted octanol–water partition coefficient (Wildman–Crippen LogP) is -3.86. The number of rotatable bonds is 30. The first-order chi connectivity index (χ1) is 32.1. The lowest BCUT2D eigenvalue weighted by molar-refractivity contribution is -0.138. The maximum Gasteiger partial charge on any atom is 0.481 e. The van der Waals surface area contributed by atoms with Gasteiger partial charge in [0.25, 0.3) is 0 Å². The van der Waals surface area contributed by atoms with Crippen molar-refractivity contribution in [3.8, 4) is 0 Å². The number of carboxylic acids is 1. The molecule has 69 heavy (non-hydrogen) atoms. The molecule has 0 saturated carbocycles. The number of nitrogen functional groups attached to an aromatic ring is 1. The van der Waals surface area contributed by atoms with Crippen molar-refractivity contribution in [2.45, 2.75) is 75.8 Å². The minimum Gasteiger partial charge on any atom is -0.480 e. The number of ether oxygens (including phenoxy) is 1. The SMILES string of the molecule is CC(C)(COP(=O)(O)OP(=O)(O)OCC1OC(n2cnc3c(N)ncnc32)C(O)C1OP(=O)(O)O)C(O)C(=O)NCCC(=O)NCCSC(=O)C(N)CCC(=O)NC(CSCO)C(=O)NCC(=O)O. The van der Waals surface area contributed by atoms with E-state index in [-0.39, 0.29) is 66.8 Å². The number of nitrogens with one attached hydrogen (secondary N) is 4. The number of nitrogens with two attached hydrogens (primary N) is 2. The van der Waals surface area contributed by atoms with E-state index < -0.39 is 126 Å². The summed E-state index contributed by atoms with van der Waals surface area (Å²) in [5, 5.41) is 48.1. The largest absolute Gasteiger partial charge is 0.481 e. The van der Waals surface area contributed by atoms with Crippen LogP contribution in [0.1, 0.15) is 39.3 Å². The van der Waals surface area contributed by atoms with E-state index in [4.69, 9.17) is 35.5 Å². The van der Waals surface area contributed by atoms with E-state index in [0.29, 0.717) is 0 Å². The third-order valence-corrected chi connectivity index (χ3v) is 14.0. The number of hydrogen-bond acceptors (Lipinski definition) is 24. The Kier molecular flexibility index (Phi) is 23.0. The highest BCUT2D eigenvalue weighted by Crippen LogP contribution is 2.61. The van der Waals surface area contributed by atoms with Gasteiger partial charge in [-0.2, -0.15) is 4.31 Å². The monoisotopic (exact) mass is 1090 g/mol. The fourth-order valence-electron chi connectivity index (χ4n) is 5.70. The highest BCUT2D eigenvalue weighted by atomic mass is 32.2. The fourth-order valence-corrected chi connectivity index (χ4v) is 9.84. The highest BCUT2D eigenvalue weighted by Gasteiger charge is 2.50. The van der Waals surface area contributed by atoms with Crippen LogP contribution in [0, 0.1) is 5.41 Å². The van der Waals surface area contributed by atoms with Gasteiger partial charge in [0.05, 0.1) is 31.5 Å². The first-order valence-electron chi connectivity index (χ1n) is 19.8. The van der Waals surface area contributed by atoms with E-state index in [1.165, 1.54) is 13.8 Å². The predicted molar refractivity (Wildman–Crippen MR) is 236 cm³/mol. The molecule has 0 radical (unpaired) electrons. The Morgan fingerprint density at radius 2 is 1.64 bits per heavy atom. The Hall–Kier alpha value is -3.76. The quantitative estimate of drug-likeness (QED) is 0.0202. The molecular weight excluding hydrogens is 1030 g/mol. The van der Waals surface area contributed by atoms with Crippen LogP contribution in [-0.4, -0.2) is 181 Å². The van der Waals surface area contributed by atoms with Crippen molar-refractivity contribution in [1.29, 1.82) is 0 Å². The smallest absolute Gasteiger partial charge is 0.480 e. The molecule has 1 aliphatic heterocycles.